The molecule has 2 rings (SSSR count). The minimum atomic E-state index is -0.209. The van der Waals surface area contributed by atoms with E-state index in [0.717, 1.165) is 11.4 Å². The van der Waals surface area contributed by atoms with Crippen LogP contribution in [0.15, 0.2) is 34.9 Å². The highest BCUT2D eigenvalue weighted by atomic mass is 16.5. The zero-order chi connectivity index (χ0) is 15.8. The minimum absolute atomic E-state index is 0.118. The SMILES string of the molecule is COCCOc1cccc(NCC(=O)Nc2cc(C)on2)c1. The summed E-state index contributed by atoms with van der Waals surface area (Å²) < 4.78 is 15.3. The van der Waals surface area contributed by atoms with Crippen LogP contribution in [0, 0.1) is 6.92 Å². The fourth-order valence-corrected chi connectivity index (χ4v) is 1.73. The number of aryl methyl sites for hydroxylation is 1. The van der Waals surface area contributed by atoms with E-state index in [0.29, 0.717) is 24.8 Å². The first kappa shape index (κ1) is 15.8. The van der Waals surface area contributed by atoms with E-state index in [4.69, 9.17) is 14.0 Å². The highest BCUT2D eigenvalue weighted by molar-refractivity contribution is 5.92. The highest BCUT2D eigenvalue weighted by Crippen LogP contribution is 2.17. The number of hydrogen-bond donors (Lipinski definition) is 2. The van der Waals surface area contributed by atoms with Gasteiger partial charge in [-0.2, -0.15) is 0 Å². The van der Waals surface area contributed by atoms with Gasteiger partial charge in [-0.25, -0.2) is 0 Å². The average Bonchev–Trinajstić information content (AvgIpc) is 2.91. The number of aromatic nitrogens is 1. The lowest BCUT2D eigenvalue weighted by molar-refractivity contribution is -0.114. The van der Waals surface area contributed by atoms with Crippen molar-refractivity contribution < 1.29 is 18.8 Å². The van der Waals surface area contributed by atoms with Crippen molar-refractivity contribution in [3.05, 3.63) is 36.1 Å². The van der Waals surface area contributed by atoms with Crippen LogP contribution in [0.1, 0.15) is 5.76 Å². The van der Waals surface area contributed by atoms with Crippen LogP contribution >= 0.6 is 0 Å². The average molecular weight is 305 g/mol. The number of nitrogens with zero attached hydrogens (tertiary/aromatic N) is 1. The van der Waals surface area contributed by atoms with Gasteiger partial charge in [0.1, 0.15) is 18.1 Å². The largest absolute Gasteiger partial charge is 0.491 e. The molecule has 0 aliphatic carbocycles. The Morgan fingerprint density at radius 2 is 2.18 bits per heavy atom. The van der Waals surface area contributed by atoms with Crippen molar-refractivity contribution in [3.63, 3.8) is 0 Å². The van der Waals surface area contributed by atoms with E-state index in [-0.39, 0.29) is 12.5 Å². The zero-order valence-corrected chi connectivity index (χ0v) is 12.6. The number of rotatable bonds is 8. The van der Waals surface area contributed by atoms with E-state index in [9.17, 15) is 4.79 Å². The Labute approximate surface area is 128 Å². The number of carbonyl (C=O) groups is 1. The number of nitrogens with one attached hydrogen (secondary N) is 2. The maximum atomic E-state index is 11.8. The van der Waals surface area contributed by atoms with Crippen LogP contribution in [-0.4, -0.2) is 37.9 Å². The van der Waals surface area contributed by atoms with Crippen LogP contribution in [0.5, 0.6) is 5.75 Å². The molecule has 0 unspecified atom stereocenters. The number of carbonyl (C=O) groups excluding carboxylic acids is 1. The smallest absolute Gasteiger partial charge is 0.244 e. The Morgan fingerprint density at radius 3 is 2.91 bits per heavy atom. The van der Waals surface area contributed by atoms with Crippen LogP contribution in [-0.2, 0) is 9.53 Å². The molecule has 0 radical (unpaired) electrons. The monoisotopic (exact) mass is 305 g/mol. The van der Waals surface area contributed by atoms with E-state index in [1.165, 1.54) is 0 Å². The first-order chi connectivity index (χ1) is 10.7. The van der Waals surface area contributed by atoms with Gasteiger partial charge in [0.15, 0.2) is 5.82 Å². The van der Waals surface area contributed by atoms with E-state index in [1.807, 2.05) is 24.3 Å². The van der Waals surface area contributed by atoms with E-state index >= 15 is 0 Å². The maximum absolute atomic E-state index is 11.8. The predicted octanol–water partition coefficient (Wildman–Crippen LogP) is 2.06. The number of benzene rings is 1. The molecule has 118 valence electrons. The minimum Gasteiger partial charge on any atom is -0.491 e. The number of amides is 1. The Morgan fingerprint density at radius 1 is 1.32 bits per heavy atom. The number of ether oxygens (including phenoxy) is 2. The van der Waals surface area contributed by atoms with Gasteiger partial charge in [0.25, 0.3) is 0 Å². The topological polar surface area (TPSA) is 85.6 Å². The van der Waals surface area contributed by atoms with Gasteiger partial charge in [-0.3, -0.25) is 4.79 Å². The molecule has 0 bridgehead atoms. The van der Waals surface area contributed by atoms with Crippen molar-refractivity contribution in [1.29, 1.82) is 0 Å². The van der Waals surface area contributed by atoms with Gasteiger partial charge >= 0.3 is 0 Å². The number of methoxy groups -OCH3 is 1. The fraction of sp³-hybridized carbons (Fsp3) is 0.333. The summed E-state index contributed by atoms with van der Waals surface area (Å²) in [7, 11) is 1.62. The summed E-state index contributed by atoms with van der Waals surface area (Å²) in [6, 6.07) is 9.03. The summed E-state index contributed by atoms with van der Waals surface area (Å²) in [5.41, 5.74) is 0.793. The van der Waals surface area contributed by atoms with E-state index in [2.05, 4.69) is 15.8 Å². The third-order valence-electron chi connectivity index (χ3n) is 2.74. The zero-order valence-electron chi connectivity index (χ0n) is 12.6. The summed E-state index contributed by atoms with van der Waals surface area (Å²) in [6.07, 6.45) is 0. The van der Waals surface area contributed by atoms with Crippen LogP contribution in [0.2, 0.25) is 0 Å². The number of anilines is 2. The molecule has 0 saturated carbocycles. The second-order valence-corrected chi connectivity index (χ2v) is 4.59. The molecular weight excluding hydrogens is 286 g/mol. The Hall–Kier alpha value is -2.54. The molecule has 0 aliphatic rings. The molecule has 0 spiro atoms. The molecule has 0 aliphatic heterocycles. The molecule has 7 heteroatoms. The molecular formula is C15H19N3O4. The van der Waals surface area contributed by atoms with Crippen molar-refractivity contribution >= 4 is 17.4 Å². The molecule has 2 aromatic rings. The predicted molar refractivity (Wildman–Crippen MR) is 82.2 cm³/mol. The lowest BCUT2D eigenvalue weighted by atomic mass is 10.3. The summed E-state index contributed by atoms with van der Waals surface area (Å²) in [5.74, 6) is 1.55. The molecule has 2 N–H and O–H groups in total. The second kappa shape index (κ2) is 8.04. The lowest BCUT2D eigenvalue weighted by Gasteiger charge is -2.09. The van der Waals surface area contributed by atoms with Gasteiger partial charge in [-0.15, -0.1) is 0 Å². The normalized spacial score (nSPS) is 10.3. The van der Waals surface area contributed by atoms with Crippen molar-refractivity contribution in [3.8, 4) is 5.75 Å². The van der Waals surface area contributed by atoms with E-state index in [1.54, 1.807) is 20.1 Å². The van der Waals surface area contributed by atoms with Gasteiger partial charge in [0, 0.05) is 24.9 Å². The Kier molecular flexibility index (Phi) is 5.79. The molecule has 1 heterocycles. The maximum Gasteiger partial charge on any atom is 0.244 e. The van der Waals surface area contributed by atoms with Crippen molar-refractivity contribution in [2.45, 2.75) is 6.92 Å². The van der Waals surface area contributed by atoms with Gasteiger partial charge in [-0.1, -0.05) is 11.2 Å². The second-order valence-electron chi connectivity index (χ2n) is 4.59. The molecule has 0 saturated heterocycles. The van der Waals surface area contributed by atoms with Crippen LogP contribution in [0.4, 0.5) is 11.5 Å². The first-order valence-corrected chi connectivity index (χ1v) is 6.86. The number of hydrogen-bond acceptors (Lipinski definition) is 6. The van der Waals surface area contributed by atoms with Gasteiger partial charge in [0.2, 0.25) is 5.91 Å². The first-order valence-electron chi connectivity index (χ1n) is 6.86. The van der Waals surface area contributed by atoms with Gasteiger partial charge in [-0.05, 0) is 19.1 Å². The van der Waals surface area contributed by atoms with Crippen molar-refractivity contribution in [2.24, 2.45) is 0 Å². The summed E-state index contributed by atoms with van der Waals surface area (Å²) in [6.45, 7) is 2.88. The standard InChI is InChI=1S/C15H19N3O4/c1-11-8-14(18-22-11)17-15(19)10-16-12-4-3-5-13(9-12)21-7-6-20-2/h3-5,8-9,16H,6-7,10H2,1-2H3,(H,17,18,19). The van der Waals surface area contributed by atoms with Gasteiger partial charge < -0.3 is 24.6 Å². The molecule has 1 aromatic heterocycles. The summed E-state index contributed by atoms with van der Waals surface area (Å²) >= 11 is 0. The van der Waals surface area contributed by atoms with Crippen LogP contribution in [0.25, 0.3) is 0 Å². The molecule has 22 heavy (non-hydrogen) atoms. The molecule has 0 atom stereocenters. The molecule has 7 nitrogen and oxygen atoms in total. The third kappa shape index (κ3) is 5.10. The summed E-state index contributed by atoms with van der Waals surface area (Å²) in [4.78, 5) is 11.8. The van der Waals surface area contributed by atoms with Crippen LogP contribution in [0.3, 0.4) is 0 Å². The molecule has 0 fully saturated rings. The quantitative estimate of drug-likeness (QED) is 0.726. The Balaban J connectivity index is 1.80. The molecule has 1 aromatic carbocycles. The highest BCUT2D eigenvalue weighted by Gasteiger charge is 2.06. The Bertz CT molecular complexity index is 612. The summed E-state index contributed by atoms with van der Waals surface area (Å²) in [5, 5.41) is 9.36. The van der Waals surface area contributed by atoms with Crippen LogP contribution < -0.4 is 15.4 Å². The molecule has 1 amide bonds. The van der Waals surface area contributed by atoms with E-state index < -0.39 is 0 Å². The van der Waals surface area contributed by atoms with Crippen molar-refractivity contribution in [1.82, 2.24) is 5.16 Å². The van der Waals surface area contributed by atoms with Crippen molar-refractivity contribution in [2.75, 3.05) is 37.5 Å². The third-order valence-corrected chi connectivity index (χ3v) is 2.74. The van der Waals surface area contributed by atoms with Gasteiger partial charge in [0.05, 0.1) is 13.2 Å². The lowest BCUT2D eigenvalue weighted by Crippen LogP contribution is -2.21. The fourth-order valence-electron chi connectivity index (χ4n) is 1.73.